The van der Waals surface area contributed by atoms with Gasteiger partial charge in [-0.15, -0.1) is 12.2 Å². The molecule has 0 aliphatic rings. The maximum absolute atomic E-state index is 11.1. The summed E-state index contributed by atoms with van der Waals surface area (Å²) in [7, 11) is 0. The van der Waals surface area contributed by atoms with E-state index in [1.807, 2.05) is 41.5 Å². The summed E-state index contributed by atoms with van der Waals surface area (Å²) in [6.45, 7) is 13.9. The minimum Gasteiger partial charge on any atom is -0.868 e. The summed E-state index contributed by atoms with van der Waals surface area (Å²) < 4.78 is 10.1. The molecule has 0 N–H and O–H groups in total. The summed E-state index contributed by atoms with van der Waals surface area (Å²) in [4.78, 5) is 32.4. The van der Waals surface area contributed by atoms with Gasteiger partial charge in [-0.25, -0.2) is 0 Å². The van der Waals surface area contributed by atoms with Crippen LogP contribution in [0.5, 0.6) is 0 Å². The number of halogens is 1. The molecule has 0 aromatic rings. The molecule has 0 radical (unpaired) electrons. The van der Waals surface area contributed by atoms with Crippen LogP contribution in [0.4, 0.5) is 0 Å². The molecular formula is C18H32BrKO6S2. The second-order valence-corrected chi connectivity index (χ2v) is 9.83. The number of carbonyl (C=O) groups is 3. The van der Waals surface area contributed by atoms with Crippen molar-refractivity contribution in [3.05, 3.63) is 0 Å². The van der Waals surface area contributed by atoms with Crippen LogP contribution in [0.15, 0.2) is 0 Å². The monoisotopic (exact) mass is 526 g/mol. The Morgan fingerprint density at radius 2 is 1.25 bits per heavy atom. The van der Waals surface area contributed by atoms with Gasteiger partial charge in [0.15, 0.2) is 5.12 Å². The molecule has 10 heteroatoms. The van der Waals surface area contributed by atoms with Gasteiger partial charge in [-0.05, 0) is 48.5 Å². The predicted octanol–water partition coefficient (Wildman–Crippen LogP) is 0.809. The molecule has 160 valence electrons. The van der Waals surface area contributed by atoms with Crippen LogP contribution in [0.1, 0.15) is 68.2 Å². The first-order chi connectivity index (χ1) is 12.0. The minimum absolute atomic E-state index is 0. The fourth-order valence-electron chi connectivity index (χ4n) is 1.14. The molecule has 0 spiro atoms. The van der Waals surface area contributed by atoms with E-state index in [-0.39, 0.29) is 79.1 Å². The Labute approximate surface area is 230 Å². The van der Waals surface area contributed by atoms with Crippen molar-refractivity contribution in [3.8, 4) is 0 Å². The maximum Gasteiger partial charge on any atom is 1.00 e. The number of thiocarbonyl (C=S) groups is 1. The minimum atomic E-state index is -0.433. The number of carbonyl (C=O) groups excluding carboxylic acids is 3. The van der Waals surface area contributed by atoms with Gasteiger partial charge in [-0.3, -0.25) is 14.4 Å². The Morgan fingerprint density at radius 1 is 0.929 bits per heavy atom. The second kappa shape index (κ2) is 19.9. The summed E-state index contributed by atoms with van der Waals surface area (Å²) in [5.74, 6) is 0.107. The zero-order valence-electron chi connectivity index (χ0n) is 18.5. The molecule has 0 amide bonds. The second-order valence-electron chi connectivity index (χ2n) is 7.19. The first-order valence-electron chi connectivity index (χ1n) is 8.30. The van der Waals surface area contributed by atoms with Crippen molar-refractivity contribution < 1.29 is 80.3 Å². The van der Waals surface area contributed by atoms with Gasteiger partial charge in [0.2, 0.25) is 0 Å². The summed E-state index contributed by atoms with van der Waals surface area (Å²) in [5.41, 5.74) is -0.781. The number of hydrogen-bond donors (Lipinski definition) is 0. The van der Waals surface area contributed by atoms with Crippen LogP contribution in [0.3, 0.4) is 0 Å². The molecule has 0 saturated carbocycles. The van der Waals surface area contributed by atoms with E-state index in [0.29, 0.717) is 23.9 Å². The smallest absolute Gasteiger partial charge is 0.868 e. The van der Waals surface area contributed by atoms with Crippen molar-refractivity contribution in [2.45, 2.75) is 79.4 Å². The van der Waals surface area contributed by atoms with Gasteiger partial charge in [0.1, 0.15) is 11.2 Å². The topological polar surface area (TPSA) is 92.7 Å². The van der Waals surface area contributed by atoms with E-state index in [1.165, 1.54) is 13.8 Å². The third kappa shape index (κ3) is 45.6. The molecule has 0 saturated heterocycles. The van der Waals surface area contributed by atoms with Crippen LogP contribution in [0.25, 0.3) is 0 Å². The van der Waals surface area contributed by atoms with Gasteiger partial charge in [0, 0.05) is 18.0 Å². The largest absolute Gasteiger partial charge is 1.00 e. The van der Waals surface area contributed by atoms with Gasteiger partial charge in [0.25, 0.3) is 0 Å². The number of ether oxygens (including phenoxy) is 2. The van der Waals surface area contributed by atoms with Gasteiger partial charge >= 0.3 is 63.3 Å². The molecule has 0 aliphatic carbocycles. The molecule has 0 heterocycles. The van der Waals surface area contributed by atoms with E-state index in [1.54, 1.807) is 0 Å². The van der Waals surface area contributed by atoms with E-state index in [9.17, 15) is 19.5 Å². The fourth-order valence-corrected chi connectivity index (χ4v) is 2.02. The van der Waals surface area contributed by atoms with Crippen molar-refractivity contribution in [2.75, 3.05) is 11.1 Å². The molecular weight excluding hydrogens is 495 g/mol. The molecule has 28 heavy (non-hydrogen) atoms. The number of esters is 2. The Hall–Kier alpha value is 0.966. The van der Waals surface area contributed by atoms with Crippen LogP contribution >= 0.6 is 39.9 Å². The van der Waals surface area contributed by atoms with Crippen molar-refractivity contribution >= 4 is 62.0 Å². The third-order valence-corrected chi connectivity index (χ3v) is 2.96. The van der Waals surface area contributed by atoms with E-state index in [4.69, 9.17) is 9.47 Å². The van der Waals surface area contributed by atoms with Gasteiger partial charge < -0.3 is 14.6 Å². The molecule has 0 atom stereocenters. The summed E-state index contributed by atoms with van der Waals surface area (Å²) in [6, 6.07) is 0. The average Bonchev–Trinajstić information content (AvgIpc) is 2.33. The molecule has 0 rings (SSSR count). The molecule has 0 fully saturated rings. The van der Waals surface area contributed by atoms with E-state index in [0.717, 1.165) is 11.8 Å². The van der Waals surface area contributed by atoms with Gasteiger partial charge in [-0.1, -0.05) is 32.7 Å². The quantitative estimate of drug-likeness (QED) is 0.225. The molecule has 6 nitrogen and oxygen atoms in total. The van der Waals surface area contributed by atoms with Crippen LogP contribution in [0.2, 0.25) is 0 Å². The number of hydrogen-bond acceptors (Lipinski definition) is 8. The van der Waals surface area contributed by atoms with Crippen molar-refractivity contribution in [1.29, 1.82) is 0 Å². The number of thioether (sulfide) groups is 1. The Bertz CT molecular complexity index is 470. The van der Waals surface area contributed by atoms with E-state index >= 15 is 0 Å². The zero-order chi connectivity index (χ0) is 22.3. The van der Waals surface area contributed by atoms with Crippen molar-refractivity contribution in [2.24, 2.45) is 0 Å². The van der Waals surface area contributed by atoms with Crippen LogP contribution in [-0.4, -0.2) is 44.4 Å². The van der Waals surface area contributed by atoms with E-state index < -0.39 is 5.60 Å². The van der Waals surface area contributed by atoms with Gasteiger partial charge in [-0.2, -0.15) is 0 Å². The molecule has 0 bridgehead atoms. The number of rotatable bonds is 5. The summed E-state index contributed by atoms with van der Waals surface area (Å²) in [5, 5.41) is 9.71. The van der Waals surface area contributed by atoms with Crippen molar-refractivity contribution in [1.82, 2.24) is 0 Å². The van der Waals surface area contributed by atoms with Crippen molar-refractivity contribution in [3.63, 3.8) is 0 Å². The summed E-state index contributed by atoms with van der Waals surface area (Å²) >= 11 is 8.28. The molecule has 0 aromatic heterocycles. The number of alkyl halides is 1. The van der Waals surface area contributed by atoms with Crippen LogP contribution < -0.4 is 56.5 Å². The normalized spacial score (nSPS) is 10.0. The standard InChI is InChI=1S/C9H16O3S.C7H13BrO2.C2H4OS.K/c1-7(10)13-6-5-8(11)12-9(2,3)4;1-7(2,3)10-6(9)4-5-8;1-2(3)4;/h5-6H2,1-4H3;4-5H2,1-3H3;1H3,(H,3,4);/q;;;+1/p-1. The van der Waals surface area contributed by atoms with E-state index in [2.05, 4.69) is 28.1 Å². The Kier molecular flexibility index (Phi) is 25.8. The molecule has 0 aliphatic heterocycles. The average molecular weight is 528 g/mol. The summed E-state index contributed by atoms with van der Waals surface area (Å²) in [6.07, 6.45) is 0.735. The predicted molar refractivity (Wildman–Crippen MR) is 116 cm³/mol. The molecule has 0 unspecified atom stereocenters. The first kappa shape index (κ1) is 36.3. The zero-order valence-corrected chi connectivity index (χ0v) is 24.8. The first-order valence-corrected chi connectivity index (χ1v) is 10.8. The van der Waals surface area contributed by atoms with Crippen LogP contribution in [-0.2, 0) is 23.9 Å². The van der Waals surface area contributed by atoms with Gasteiger partial charge in [0.05, 0.1) is 12.8 Å². The van der Waals surface area contributed by atoms with Crippen LogP contribution in [0, 0.1) is 0 Å². The maximum atomic E-state index is 11.1. The SMILES string of the molecule is CC(=O)SCCC(=O)OC(C)(C)C.CC(C)(C)OC(=O)CCBr.CC([O-])=S.[K+]. The molecule has 0 aromatic carbocycles. The Balaban J connectivity index is -0.000000171. The third-order valence-electron chi connectivity index (χ3n) is 1.75. The fraction of sp³-hybridized carbons (Fsp3) is 0.778. The Morgan fingerprint density at radius 3 is 1.50 bits per heavy atom.